The molecule has 0 spiro atoms. The quantitative estimate of drug-likeness (QED) is 0.112. The number of likely N-dealkylation sites (N-methyl/N-ethyl adjacent to an activating group) is 1. The van der Waals surface area contributed by atoms with Gasteiger partial charge in [0.2, 0.25) is 5.91 Å². The Kier molecular flexibility index (Phi) is 14.2. The van der Waals surface area contributed by atoms with Gasteiger partial charge in [-0.15, -0.1) is 0 Å². The average molecular weight is 789 g/mol. The Morgan fingerprint density at radius 1 is 1.09 bits per heavy atom. The Labute approximate surface area is 335 Å². The van der Waals surface area contributed by atoms with E-state index in [-0.39, 0.29) is 36.5 Å². The molecule has 13 heteroatoms. The van der Waals surface area contributed by atoms with Gasteiger partial charge in [-0.05, 0) is 112 Å². The van der Waals surface area contributed by atoms with E-state index in [1.165, 1.54) is 11.1 Å². The molecule has 0 bridgehead atoms. The number of methoxy groups -OCH3 is 1. The molecule has 2 aromatic carbocycles. The van der Waals surface area contributed by atoms with E-state index in [0.717, 1.165) is 46.3 Å². The lowest BCUT2D eigenvalue weighted by Gasteiger charge is -2.33. The third-order valence-corrected chi connectivity index (χ3v) is 10.8. The third kappa shape index (κ3) is 9.70. The minimum atomic E-state index is -1.15. The number of hydrazine groups is 1. The Balaban J connectivity index is 1.65. The van der Waals surface area contributed by atoms with Crippen LogP contribution in [-0.4, -0.2) is 90.7 Å². The molecule has 1 saturated heterocycles. The van der Waals surface area contributed by atoms with Gasteiger partial charge in [0.05, 0.1) is 30.1 Å². The van der Waals surface area contributed by atoms with Crippen LogP contribution in [0.5, 0.6) is 0 Å². The lowest BCUT2D eigenvalue weighted by molar-refractivity contribution is -0.141. The van der Waals surface area contributed by atoms with Crippen molar-refractivity contribution in [1.82, 2.24) is 30.2 Å². The van der Waals surface area contributed by atoms with Gasteiger partial charge in [0, 0.05) is 61.2 Å². The van der Waals surface area contributed by atoms with Gasteiger partial charge in [-0.3, -0.25) is 29.3 Å². The molecule has 2 amide bonds. The second kappa shape index (κ2) is 18.7. The normalized spacial score (nSPS) is 15.2. The van der Waals surface area contributed by atoms with Gasteiger partial charge in [0.25, 0.3) is 12.4 Å². The van der Waals surface area contributed by atoms with E-state index < -0.39 is 35.0 Å². The van der Waals surface area contributed by atoms with E-state index in [4.69, 9.17) is 14.5 Å². The number of hydrogen-bond donors (Lipinski definition) is 2. The molecule has 2 aromatic heterocycles. The molecule has 57 heavy (non-hydrogen) atoms. The van der Waals surface area contributed by atoms with E-state index in [9.17, 15) is 14.4 Å². The Hall–Kier alpha value is -4.72. The van der Waals surface area contributed by atoms with Gasteiger partial charge in [-0.25, -0.2) is 14.2 Å². The van der Waals surface area contributed by atoms with Crippen LogP contribution in [0.4, 0.5) is 8.78 Å². The number of fused-ring (bicyclic) bond motifs is 1. The number of aryl methyl sites for hydroxylation is 1. The monoisotopic (exact) mass is 788 g/mol. The van der Waals surface area contributed by atoms with Gasteiger partial charge < -0.3 is 19.4 Å². The maximum atomic E-state index is 15.8. The Bertz CT molecular complexity index is 2050. The number of nitrogens with zero attached hydrogens (tertiary/aromatic N) is 4. The minimum absolute atomic E-state index is 0.0283. The first-order valence-electron chi connectivity index (χ1n) is 19.8. The van der Waals surface area contributed by atoms with Gasteiger partial charge in [-0.2, -0.15) is 0 Å². The number of hydrogen-bond acceptors (Lipinski definition) is 8. The second-order valence-electron chi connectivity index (χ2n) is 16.3. The Morgan fingerprint density at radius 3 is 2.47 bits per heavy atom. The van der Waals surface area contributed by atoms with Gasteiger partial charge >= 0.3 is 0 Å². The third-order valence-electron chi connectivity index (χ3n) is 10.8. The molecular formula is C44H58F2N6O5. The molecule has 2 N–H and O–H groups in total. The number of carbonyl (C=O) groups is 3. The average Bonchev–Trinajstić information content (AvgIpc) is 3.49. The van der Waals surface area contributed by atoms with Gasteiger partial charge in [-0.1, -0.05) is 33.8 Å². The SMILES string of the molecule is CCn1c(-c2cccnc2C(C)OC)c(CC(C)(C)COC=O)c2cc(-c3cc(F)c(F)c(CC(NC(=O)C(C(C)C)N(C)C)C(=O)N4CCCCN4)c3)ccc21. The largest absolute Gasteiger partial charge is 0.467 e. The highest BCUT2D eigenvalue weighted by Gasteiger charge is 2.33. The maximum Gasteiger partial charge on any atom is 0.293 e. The van der Waals surface area contributed by atoms with Gasteiger partial charge in [0.1, 0.15) is 6.04 Å². The van der Waals surface area contributed by atoms with Crippen molar-refractivity contribution in [2.45, 2.75) is 92.0 Å². The summed E-state index contributed by atoms with van der Waals surface area (Å²) in [7, 11) is 5.23. The molecule has 308 valence electrons. The van der Waals surface area contributed by atoms with Crippen LogP contribution < -0.4 is 10.7 Å². The van der Waals surface area contributed by atoms with Crippen molar-refractivity contribution in [3.63, 3.8) is 0 Å². The van der Waals surface area contributed by atoms with Crippen molar-refractivity contribution in [3.8, 4) is 22.4 Å². The van der Waals surface area contributed by atoms with E-state index in [0.29, 0.717) is 43.7 Å². The lowest BCUT2D eigenvalue weighted by atomic mass is 9.84. The zero-order valence-corrected chi connectivity index (χ0v) is 34.7. The fourth-order valence-electron chi connectivity index (χ4n) is 8.10. The van der Waals surface area contributed by atoms with Crippen molar-refractivity contribution in [2.24, 2.45) is 11.3 Å². The molecule has 0 radical (unpaired) electrons. The highest BCUT2D eigenvalue weighted by molar-refractivity contribution is 5.95. The summed E-state index contributed by atoms with van der Waals surface area (Å²) >= 11 is 0. The summed E-state index contributed by atoms with van der Waals surface area (Å²) in [6.07, 6.45) is 3.38. The van der Waals surface area contributed by atoms with Crippen molar-refractivity contribution >= 4 is 29.2 Å². The molecule has 4 aromatic rings. The highest BCUT2D eigenvalue weighted by Crippen LogP contribution is 2.42. The number of nitrogens with one attached hydrogen (secondary N) is 2. The van der Waals surface area contributed by atoms with Crippen LogP contribution in [0, 0.1) is 23.0 Å². The number of halogens is 2. The summed E-state index contributed by atoms with van der Waals surface area (Å²) in [6.45, 7) is 14.2. The molecule has 1 fully saturated rings. The predicted molar refractivity (Wildman–Crippen MR) is 218 cm³/mol. The van der Waals surface area contributed by atoms with E-state index in [1.807, 2.05) is 65.0 Å². The van der Waals surface area contributed by atoms with Crippen molar-refractivity contribution < 1.29 is 32.6 Å². The number of rotatable bonds is 17. The lowest BCUT2D eigenvalue weighted by Crippen LogP contribution is -2.58. The van der Waals surface area contributed by atoms with Crippen molar-refractivity contribution in [2.75, 3.05) is 40.9 Å². The molecule has 1 aliphatic heterocycles. The van der Waals surface area contributed by atoms with E-state index in [1.54, 1.807) is 38.4 Å². The van der Waals surface area contributed by atoms with Crippen LogP contribution in [0.1, 0.15) is 77.3 Å². The highest BCUT2D eigenvalue weighted by atomic mass is 19.2. The summed E-state index contributed by atoms with van der Waals surface area (Å²) < 4.78 is 44.8. The minimum Gasteiger partial charge on any atom is -0.467 e. The zero-order chi connectivity index (χ0) is 41.6. The number of amides is 2. The first kappa shape index (κ1) is 43.4. The number of pyridine rings is 1. The molecule has 1 aliphatic rings. The molecule has 3 heterocycles. The molecule has 5 rings (SSSR count). The number of aromatic nitrogens is 2. The first-order chi connectivity index (χ1) is 27.1. The standard InChI is InChI=1S/C44H58F2N6O5/c1-10-51-37-16-15-29(21-33(37)34(24-44(5,6)25-57-26-53)41(51)32-14-13-17-47-39(32)28(4)56-9)30-20-31(38(46)35(45)22-30)23-36(43(55)52-19-12-11-18-48-52)49-42(54)40(27(2)3)50(7)8/h13-17,20-22,26-28,36,40,48H,10-12,18-19,23-25H2,1-9H3,(H,49,54). The summed E-state index contributed by atoms with van der Waals surface area (Å²) in [4.78, 5) is 45.4. The fraction of sp³-hybridized carbons (Fsp3) is 0.500. The summed E-state index contributed by atoms with van der Waals surface area (Å²) in [5.74, 6) is -2.97. The second-order valence-corrected chi connectivity index (χ2v) is 16.3. The molecule has 0 aliphatic carbocycles. The number of ether oxygens (including phenoxy) is 2. The van der Waals surface area contributed by atoms with Crippen molar-refractivity contribution in [3.05, 3.63) is 77.1 Å². The fourth-order valence-corrected chi connectivity index (χ4v) is 8.10. The van der Waals surface area contributed by atoms with E-state index >= 15 is 8.78 Å². The van der Waals surface area contributed by atoms with Crippen LogP contribution in [0.25, 0.3) is 33.3 Å². The molecular weight excluding hydrogens is 731 g/mol. The summed E-state index contributed by atoms with van der Waals surface area (Å²) in [5.41, 5.74) is 8.19. The number of carbonyl (C=O) groups excluding carboxylic acids is 3. The maximum absolute atomic E-state index is 15.8. The van der Waals surface area contributed by atoms with E-state index in [2.05, 4.69) is 22.2 Å². The zero-order valence-electron chi connectivity index (χ0n) is 34.7. The van der Waals surface area contributed by atoms with Crippen LogP contribution in [0.2, 0.25) is 0 Å². The summed E-state index contributed by atoms with van der Waals surface area (Å²) in [6, 6.07) is 10.8. The van der Waals surface area contributed by atoms with Gasteiger partial charge in [0.15, 0.2) is 11.6 Å². The van der Waals surface area contributed by atoms with Crippen LogP contribution in [0.15, 0.2) is 48.7 Å². The molecule has 3 atom stereocenters. The van der Waals surface area contributed by atoms with Crippen LogP contribution in [0.3, 0.4) is 0 Å². The Morgan fingerprint density at radius 2 is 1.84 bits per heavy atom. The molecule has 11 nitrogen and oxygen atoms in total. The molecule has 0 saturated carbocycles. The topological polar surface area (TPSA) is 118 Å². The summed E-state index contributed by atoms with van der Waals surface area (Å²) in [5, 5.41) is 5.27. The van der Waals surface area contributed by atoms with Crippen LogP contribution >= 0.6 is 0 Å². The first-order valence-corrected chi connectivity index (χ1v) is 19.8. The molecule has 3 unspecified atom stereocenters. The number of benzene rings is 2. The van der Waals surface area contributed by atoms with Crippen LogP contribution in [-0.2, 0) is 43.2 Å². The van der Waals surface area contributed by atoms with Crippen molar-refractivity contribution in [1.29, 1.82) is 0 Å². The predicted octanol–water partition coefficient (Wildman–Crippen LogP) is 6.86. The smallest absolute Gasteiger partial charge is 0.293 e.